The van der Waals surface area contributed by atoms with Crippen LogP contribution in [-0.2, 0) is 6.54 Å². The molecule has 106 valence electrons. The number of nitrogens with one attached hydrogen (secondary N) is 1. The summed E-state index contributed by atoms with van der Waals surface area (Å²) in [5, 5.41) is 2.84. The minimum absolute atomic E-state index is 0.245. The number of amides is 1. The fourth-order valence-electron chi connectivity index (χ4n) is 1.79. The third-order valence-electron chi connectivity index (χ3n) is 2.78. The van der Waals surface area contributed by atoms with E-state index in [0.29, 0.717) is 11.4 Å². The Bertz CT molecular complexity index is 623. The van der Waals surface area contributed by atoms with Crippen molar-refractivity contribution in [2.45, 2.75) is 6.54 Å². The van der Waals surface area contributed by atoms with Crippen molar-refractivity contribution in [3.8, 4) is 0 Å². The Labute approximate surface area is 125 Å². The SMILES string of the molecule is CN(C)c1ccc(Br)cc1NC(=O)c1ccc(CN)o1. The van der Waals surface area contributed by atoms with E-state index >= 15 is 0 Å². The first-order chi connectivity index (χ1) is 9.51. The fraction of sp³-hybridized carbons (Fsp3) is 0.214. The van der Waals surface area contributed by atoms with E-state index in [2.05, 4.69) is 21.2 Å². The molecule has 0 aliphatic heterocycles. The summed E-state index contributed by atoms with van der Waals surface area (Å²) in [5.74, 6) is 0.526. The van der Waals surface area contributed by atoms with Gasteiger partial charge < -0.3 is 20.4 Å². The Balaban J connectivity index is 2.24. The van der Waals surface area contributed by atoms with E-state index in [1.165, 1.54) is 0 Å². The van der Waals surface area contributed by atoms with Gasteiger partial charge in [-0.25, -0.2) is 0 Å². The van der Waals surface area contributed by atoms with Gasteiger partial charge in [0, 0.05) is 18.6 Å². The molecule has 0 spiro atoms. The first kappa shape index (κ1) is 14.6. The van der Waals surface area contributed by atoms with E-state index < -0.39 is 0 Å². The molecular weight excluding hydrogens is 322 g/mol. The third-order valence-corrected chi connectivity index (χ3v) is 3.27. The second-order valence-electron chi connectivity index (χ2n) is 4.48. The molecule has 0 fully saturated rings. The van der Waals surface area contributed by atoms with E-state index in [1.807, 2.05) is 37.2 Å². The Morgan fingerprint density at radius 1 is 1.35 bits per heavy atom. The molecule has 6 heteroatoms. The van der Waals surface area contributed by atoms with Crippen LogP contribution in [0.4, 0.5) is 11.4 Å². The lowest BCUT2D eigenvalue weighted by Crippen LogP contribution is -2.16. The van der Waals surface area contributed by atoms with E-state index in [9.17, 15) is 4.79 Å². The van der Waals surface area contributed by atoms with Gasteiger partial charge in [0.15, 0.2) is 5.76 Å². The molecule has 2 rings (SSSR count). The van der Waals surface area contributed by atoms with Crippen LogP contribution in [0.25, 0.3) is 0 Å². The molecule has 0 aliphatic rings. The van der Waals surface area contributed by atoms with Crippen LogP contribution in [0.5, 0.6) is 0 Å². The van der Waals surface area contributed by atoms with E-state index in [1.54, 1.807) is 12.1 Å². The number of furan rings is 1. The van der Waals surface area contributed by atoms with Crippen LogP contribution in [-0.4, -0.2) is 20.0 Å². The summed E-state index contributed by atoms with van der Waals surface area (Å²) in [4.78, 5) is 14.1. The molecule has 0 saturated carbocycles. The van der Waals surface area contributed by atoms with Gasteiger partial charge in [-0.1, -0.05) is 15.9 Å². The van der Waals surface area contributed by atoms with Crippen LogP contribution >= 0.6 is 15.9 Å². The number of nitrogens with zero attached hydrogens (tertiary/aromatic N) is 1. The molecule has 2 aromatic rings. The van der Waals surface area contributed by atoms with Gasteiger partial charge in [-0.2, -0.15) is 0 Å². The van der Waals surface area contributed by atoms with Crippen molar-refractivity contribution in [2.24, 2.45) is 5.73 Å². The first-order valence-corrected chi connectivity index (χ1v) is 6.87. The fourth-order valence-corrected chi connectivity index (χ4v) is 2.15. The van der Waals surface area contributed by atoms with Crippen LogP contribution in [0.3, 0.4) is 0 Å². The minimum Gasteiger partial charge on any atom is -0.455 e. The predicted octanol–water partition coefficient (Wildman–Crippen LogP) is 2.82. The van der Waals surface area contributed by atoms with Crippen molar-refractivity contribution in [2.75, 3.05) is 24.3 Å². The summed E-state index contributed by atoms with van der Waals surface area (Å²) >= 11 is 3.40. The summed E-state index contributed by atoms with van der Waals surface area (Å²) in [6, 6.07) is 9.01. The van der Waals surface area contributed by atoms with Crippen molar-refractivity contribution in [3.63, 3.8) is 0 Å². The smallest absolute Gasteiger partial charge is 0.291 e. The first-order valence-electron chi connectivity index (χ1n) is 6.08. The highest BCUT2D eigenvalue weighted by molar-refractivity contribution is 9.10. The standard InChI is InChI=1S/C14H16BrN3O2/c1-18(2)12-5-3-9(15)7-11(12)17-14(19)13-6-4-10(8-16)20-13/h3-7H,8,16H2,1-2H3,(H,17,19). The zero-order valence-electron chi connectivity index (χ0n) is 11.3. The second kappa shape index (κ2) is 6.11. The number of nitrogens with two attached hydrogens (primary N) is 1. The molecule has 0 aliphatic carbocycles. The van der Waals surface area contributed by atoms with Crippen molar-refractivity contribution < 1.29 is 9.21 Å². The van der Waals surface area contributed by atoms with Crippen LogP contribution < -0.4 is 16.0 Å². The lowest BCUT2D eigenvalue weighted by atomic mass is 10.2. The molecule has 3 N–H and O–H groups in total. The average Bonchev–Trinajstić information content (AvgIpc) is 2.87. The number of rotatable bonds is 4. The maximum absolute atomic E-state index is 12.1. The number of anilines is 2. The zero-order valence-corrected chi connectivity index (χ0v) is 12.9. The molecule has 0 unspecified atom stereocenters. The zero-order chi connectivity index (χ0) is 14.7. The van der Waals surface area contributed by atoms with Gasteiger partial charge in [-0.05, 0) is 30.3 Å². The summed E-state index contributed by atoms with van der Waals surface area (Å²) in [7, 11) is 3.83. The van der Waals surface area contributed by atoms with Gasteiger partial charge in [0.05, 0.1) is 17.9 Å². The number of carbonyl (C=O) groups is 1. The molecular formula is C14H16BrN3O2. The minimum atomic E-state index is -0.300. The van der Waals surface area contributed by atoms with Gasteiger partial charge in [-0.3, -0.25) is 4.79 Å². The molecule has 0 saturated heterocycles. The third kappa shape index (κ3) is 3.20. The van der Waals surface area contributed by atoms with Crippen molar-refractivity contribution in [1.29, 1.82) is 0 Å². The van der Waals surface area contributed by atoms with E-state index in [0.717, 1.165) is 10.2 Å². The van der Waals surface area contributed by atoms with Crippen LogP contribution in [0, 0.1) is 0 Å². The second-order valence-corrected chi connectivity index (χ2v) is 5.40. The monoisotopic (exact) mass is 337 g/mol. The molecule has 1 aromatic carbocycles. The number of benzene rings is 1. The normalized spacial score (nSPS) is 10.4. The Morgan fingerprint density at radius 2 is 2.10 bits per heavy atom. The van der Waals surface area contributed by atoms with Crippen LogP contribution in [0.1, 0.15) is 16.3 Å². The maximum atomic E-state index is 12.1. The summed E-state index contributed by atoms with van der Waals surface area (Å²) in [5.41, 5.74) is 7.08. The molecule has 1 aromatic heterocycles. The largest absolute Gasteiger partial charge is 0.455 e. The number of carbonyl (C=O) groups excluding carboxylic acids is 1. The Kier molecular flexibility index (Phi) is 4.46. The molecule has 20 heavy (non-hydrogen) atoms. The summed E-state index contributed by atoms with van der Waals surface area (Å²) < 4.78 is 6.22. The van der Waals surface area contributed by atoms with Gasteiger partial charge in [0.2, 0.25) is 0 Å². The Morgan fingerprint density at radius 3 is 2.70 bits per heavy atom. The van der Waals surface area contributed by atoms with E-state index in [4.69, 9.17) is 10.2 Å². The molecule has 1 amide bonds. The average molecular weight is 338 g/mol. The van der Waals surface area contributed by atoms with Crippen LogP contribution in [0.2, 0.25) is 0 Å². The van der Waals surface area contributed by atoms with Crippen molar-refractivity contribution in [1.82, 2.24) is 0 Å². The van der Waals surface area contributed by atoms with Gasteiger partial charge in [-0.15, -0.1) is 0 Å². The van der Waals surface area contributed by atoms with E-state index in [-0.39, 0.29) is 18.2 Å². The van der Waals surface area contributed by atoms with Gasteiger partial charge in [0.1, 0.15) is 5.76 Å². The Hall–Kier alpha value is -1.79. The van der Waals surface area contributed by atoms with Gasteiger partial charge in [0.25, 0.3) is 5.91 Å². The highest BCUT2D eigenvalue weighted by atomic mass is 79.9. The topological polar surface area (TPSA) is 71.5 Å². The molecule has 0 atom stereocenters. The summed E-state index contributed by atoms with van der Waals surface area (Å²) in [6.45, 7) is 0.271. The molecule has 0 radical (unpaired) electrons. The predicted molar refractivity (Wildman–Crippen MR) is 83.0 cm³/mol. The number of halogens is 1. The van der Waals surface area contributed by atoms with Gasteiger partial charge >= 0.3 is 0 Å². The highest BCUT2D eigenvalue weighted by Gasteiger charge is 2.14. The molecule has 0 bridgehead atoms. The summed E-state index contributed by atoms with van der Waals surface area (Å²) in [6.07, 6.45) is 0. The lowest BCUT2D eigenvalue weighted by Gasteiger charge is -2.17. The lowest BCUT2D eigenvalue weighted by molar-refractivity contribution is 0.0995. The maximum Gasteiger partial charge on any atom is 0.291 e. The van der Waals surface area contributed by atoms with Crippen molar-refractivity contribution in [3.05, 3.63) is 46.3 Å². The molecule has 1 heterocycles. The quantitative estimate of drug-likeness (QED) is 0.899. The highest BCUT2D eigenvalue weighted by Crippen LogP contribution is 2.28. The number of hydrogen-bond acceptors (Lipinski definition) is 4. The molecule has 5 nitrogen and oxygen atoms in total. The van der Waals surface area contributed by atoms with Crippen molar-refractivity contribution >= 4 is 33.2 Å². The number of hydrogen-bond donors (Lipinski definition) is 2. The van der Waals surface area contributed by atoms with Crippen LogP contribution in [0.15, 0.2) is 39.2 Å².